The van der Waals surface area contributed by atoms with Gasteiger partial charge in [-0.05, 0) is 186 Å². The van der Waals surface area contributed by atoms with E-state index in [-0.39, 0.29) is 0 Å². The molecular formula is C88H50N12O2. The maximum Gasteiger partial charge on any atom is 0.163 e. The minimum atomic E-state index is 0.600. The Bertz CT molecular complexity index is 7040. The molecule has 0 fully saturated rings. The molecule has 14 heterocycles. The molecule has 0 aliphatic rings. The second-order valence-corrected chi connectivity index (χ2v) is 25.8. The van der Waals surface area contributed by atoms with Gasteiger partial charge in [0.05, 0.1) is 61.2 Å². The maximum atomic E-state index is 7.15. The predicted molar refractivity (Wildman–Crippen MR) is 408 cm³/mol. The molecule has 0 atom stereocenters. The van der Waals surface area contributed by atoms with Crippen molar-refractivity contribution in [1.29, 1.82) is 0 Å². The molecular weight excluding hydrogens is 1260 g/mol. The summed E-state index contributed by atoms with van der Waals surface area (Å²) in [6, 6.07) is 93.6. The van der Waals surface area contributed by atoms with E-state index in [0.717, 1.165) is 177 Å². The standard InChI is InChI=1S/C88H50N12O2/c1-3-18-57(66-22-7-9-40-89-66)55(16-1)51-30-34-69-63(46-51)64-47-52(56-17-2-4-19-58(56)67-23-8-10-41-90-67)31-35-70(64)97(69)54-33-37-77-65(49-54)60-21-11-25-76(87(60)101-77)98-68-24-6-5-20-59(68)62-48-53(32-36-71(62)98)61-50-80(100-74-28-14-44-93-83(74)84-75(100)29-15-45-94-84)96-86-85-78(102-88(61)86)38-39-79(95-85)99-72-26-12-42-91-81(72)82-73(99)27-13-43-92-82/h1-50H. The Morgan fingerprint density at radius 2 is 0.696 bits per heavy atom. The molecule has 0 unspecified atom stereocenters. The van der Waals surface area contributed by atoms with Gasteiger partial charge in [0.15, 0.2) is 16.7 Å². The van der Waals surface area contributed by atoms with Gasteiger partial charge in [-0.25, -0.2) is 9.97 Å². The van der Waals surface area contributed by atoms with Crippen LogP contribution < -0.4 is 0 Å². The van der Waals surface area contributed by atoms with Crippen LogP contribution >= 0.6 is 0 Å². The van der Waals surface area contributed by atoms with Gasteiger partial charge in [0.2, 0.25) is 0 Å². The number of rotatable bonds is 9. The van der Waals surface area contributed by atoms with Gasteiger partial charge in [0.1, 0.15) is 50.3 Å². The zero-order valence-electron chi connectivity index (χ0n) is 54.1. The number of hydrogen-bond acceptors (Lipinski definition) is 10. The molecule has 14 aromatic heterocycles. The van der Waals surface area contributed by atoms with Gasteiger partial charge in [0, 0.05) is 91.9 Å². The molecule has 14 nitrogen and oxygen atoms in total. The van der Waals surface area contributed by atoms with Gasteiger partial charge in [0.25, 0.3) is 0 Å². The number of furan rings is 2. The average Bonchev–Trinajstić information content (AvgIpc) is 1.57. The fourth-order valence-electron chi connectivity index (χ4n) is 15.9. The lowest BCUT2D eigenvalue weighted by Gasteiger charge is -2.11. The summed E-state index contributed by atoms with van der Waals surface area (Å²) >= 11 is 0. The lowest BCUT2D eigenvalue weighted by atomic mass is 9.94. The van der Waals surface area contributed by atoms with Crippen molar-refractivity contribution in [2.75, 3.05) is 0 Å². The number of hydrogen-bond donors (Lipinski definition) is 0. The van der Waals surface area contributed by atoms with Crippen molar-refractivity contribution in [3.63, 3.8) is 0 Å². The van der Waals surface area contributed by atoms with Gasteiger partial charge in [-0.2, -0.15) is 0 Å². The van der Waals surface area contributed by atoms with Crippen molar-refractivity contribution in [2.45, 2.75) is 0 Å². The van der Waals surface area contributed by atoms with Crippen LogP contribution in [0.25, 0.3) is 211 Å². The van der Waals surface area contributed by atoms with Crippen molar-refractivity contribution in [3.05, 3.63) is 304 Å². The van der Waals surface area contributed by atoms with E-state index in [4.69, 9.17) is 48.7 Å². The van der Waals surface area contributed by atoms with Crippen molar-refractivity contribution in [3.8, 4) is 78.9 Å². The van der Waals surface area contributed by atoms with Crippen LogP contribution in [-0.4, -0.2) is 58.1 Å². The van der Waals surface area contributed by atoms with Crippen LogP contribution in [0.1, 0.15) is 0 Å². The molecule has 22 rings (SSSR count). The highest BCUT2D eigenvalue weighted by Gasteiger charge is 2.26. The van der Waals surface area contributed by atoms with Crippen LogP contribution in [0, 0.1) is 0 Å². The van der Waals surface area contributed by atoms with Gasteiger partial charge < -0.3 is 18.0 Å². The molecule has 0 aliphatic carbocycles. The summed E-state index contributed by atoms with van der Waals surface area (Å²) in [5.74, 6) is 1.35. The molecule has 0 bridgehead atoms. The average molecular weight is 1310 g/mol. The normalized spacial score (nSPS) is 12.1. The topological polar surface area (TPSA) is 149 Å². The summed E-state index contributed by atoms with van der Waals surface area (Å²) in [4.78, 5) is 39.8. The molecule has 474 valence electrons. The van der Waals surface area contributed by atoms with Gasteiger partial charge >= 0.3 is 0 Å². The second kappa shape index (κ2) is 21.6. The minimum absolute atomic E-state index is 0.600. The highest BCUT2D eigenvalue weighted by Crippen LogP contribution is 2.46. The van der Waals surface area contributed by atoms with Crippen LogP contribution in [0.4, 0.5) is 0 Å². The van der Waals surface area contributed by atoms with Crippen LogP contribution in [0.3, 0.4) is 0 Å². The Labute approximate surface area is 578 Å². The largest absolute Gasteiger partial charge is 0.454 e. The summed E-state index contributed by atoms with van der Waals surface area (Å²) in [7, 11) is 0. The first-order chi connectivity index (χ1) is 50.6. The quantitative estimate of drug-likeness (QED) is 0.137. The molecule has 0 saturated carbocycles. The van der Waals surface area contributed by atoms with E-state index in [1.807, 2.05) is 85.5 Å². The predicted octanol–water partition coefficient (Wildman–Crippen LogP) is 21.4. The van der Waals surface area contributed by atoms with Crippen LogP contribution in [-0.2, 0) is 0 Å². The highest BCUT2D eigenvalue weighted by atomic mass is 16.3. The first-order valence-electron chi connectivity index (χ1n) is 33.8. The molecule has 0 spiro atoms. The number of fused-ring (bicyclic) bond motifs is 18. The van der Waals surface area contributed by atoms with Gasteiger partial charge in [-0.1, -0.05) is 109 Å². The van der Waals surface area contributed by atoms with Crippen molar-refractivity contribution in [2.24, 2.45) is 0 Å². The van der Waals surface area contributed by atoms with Crippen LogP contribution in [0.5, 0.6) is 0 Å². The Balaban J connectivity index is 0.712. The highest BCUT2D eigenvalue weighted by molar-refractivity contribution is 6.17. The van der Waals surface area contributed by atoms with Crippen molar-refractivity contribution < 1.29 is 8.83 Å². The first kappa shape index (κ1) is 55.8. The zero-order chi connectivity index (χ0) is 66.7. The van der Waals surface area contributed by atoms with Gasteiger partial charge in [-0.3, -0.25) is 39.0 Å². The van der Waals surface area contributed by atoms with Gasteiger partial charge in [-0.15, -0.1) is 0 Å². The number of para-hydroxylation sites is 2. The monoisotopic (exact) mass is 1310 g/mol. The summed E-state index contributed by atoms with van der Waals surface area (Å²) in [5.41, 5.74) is 27.1. The summed E-state index contributed by atoms with van der Waals surface area (Å²) < 4.78 is 23.2. The lowest BCUT2D eigenvalue weighted by Crippen LogP contribution is -2.00. The van der Waals surface area contributed by atoms with Crippen molar-refractivity contribution >= 4 is 132 Å². The molecule has 0 radical (unpaired) electrons. The summed E-state index contributed by atoms with van der Waals surface area (Å²) in [6.45, 7) is 0. The van der Waals surface area contributed by atoms with E-state index in [1.165, 1.54) is 0 Å². The maximum absolute atomic E-state index is 7.15. The third-order valence-electron chi connectivity index (χ3n) is 20.3. The number of pyridine rings is 8. The van der Waals surface area contributed by atoms with E-state index in [9.17, 15) is 0 Å². The Hall–Kier alpha value is -14.2. The third kappa shape index (κ3) is 8.22. The Kier molecular flexibility index (Phi) is 11.8. The lowest BCUT2D eigenvalue weighted by molar-refractivity contribution is 0.666. The zero-order valence-corrected chi connectivity index (χ0v) is 54.1. The van der Waals surface area contributed by atoms with E-state index < -0.39 is 0 Å². The molecule has 0 amide bonds. The van der Waals surface area contributed by atoms with E-state index in [1.54, 1.807) is 12.4 Å². The first-order valence-corrected chi connectivity index (χ1v) is 33.8. The summed E-state index contributed by atoms with van der Waals surface area (Å²) in [6.07, 6.45) is 10.9. The number of aromatic nitrogens is 12. The third-order valence-corrected chi connectivity index (χ3v) is 20.3. The fraction of sp³-hybridized carbons (Fsp3) is 0. The number of nitrogens with zero attached hydrogens (tertiary/aromatic N) is 12. The molecule has 0 aliphatic heterocycles. The minimum Gasteiger partial charge on any atom is -0.454 e. The van der Waals surface area contributed by atoms with Crippen LogP contribution in [0.15, 0.2) is 313 Å². The molecule has 8 aromatic carbocycles. The van der Waals surface area contributed by atoms with Crippen LogP contribution in [0.2, 0.25) is 0 Å². The Morgan fingerprint density at radius 3 is 1.28 bits per heavy atom. The SMILES string of the molecule is c1ccc(-c2ccccc2-c2ccc3c(c2)c2cc(-c4ccccc4-c4ccccn4)ccc2n3-c2ccc3oc4c(-n5c6ccccc6c6cc(-c7cc(-n8c9cccnc9c9ncccc98)nc8c7oc7ccc(-n9c%10cccnc%10c%10ncccc%109)nc78)ccc65)cccc4c3c2)nc1. The molecule has 22 aromatic rings. The molecule has 0 saturated heterocycles. The van der Waals surface area contributed by atoms with Crippen molar-refractivity contribution in [1.82, 2.24) is 58.1 Å². The smallest absolute Gasteiger partial charge is 0.163 e. The molecule has 0 N–H and O–H groups in total. The fourth-order valence-corrected chi connectivity index (χ4v) is 15.9. The van der Waals surface area contributed by atoms with E-state index >= 15 is 0 Å². The number of benzene rings is 8. The van der Waals surface area contributed by atoms with E-state index in [0.29, 0.717) is 33.8 Å². The Morgan fingerprint density at radius 1 is 0.235 bits per heavy atom. The second-order valence-electron chi connectivity index (χ2n) is 25.8. The van der Waals surface area contributed by atoms with E-state index in [2.05, 4.69) is 225 Å². The molecule has 14 heteroatoms. The summed E-state index contributed by atoms with van der Waals surface area (Å²) in [5, 5.41) is 6.41. The molecule has 102 heavy (non-hydrogen) atoms.